The molecule has 0 unspecified atom stereocenters. The predicted molar refractivity (Wildman–Crippen MR) is 89.0 cm³/mol. The van der Waals surface area contributed by atoms with E-state index in [2.05, 4.69) is 31.2 Å². The van der Waals surface area contributed by atoms with E-state index >= 15 is 0 Å². The Morgan fingerprint density at radius 1 is 0.905 bits per heavy atom. The van der Waals surface area contributed by atoms with E-state index in [4.69, 9.17) is 0 Å². The molecule has 0 fully saturated rings. The summed E-state index contributed by atoms with van der Waals surface area (Å²) in [7, 11) is 0. The molecule has 0 saturated carbocycles. The van der Waals surface area contributed by atoms with Gasteiger partial charge in [-0.3, -0.25) is 4.79 Å². The van der Waals surface area contributed by atoms with Gasteiger partial charge in [-0.1, -0.05) is 60.2 Å². The molecular formula is C19H16OS. The third-order valence-electron chi connectivity index (χ3n) is 3.42. The molecule has 3 aromatic rings. The summed E-state index contributed by atoms with van der Waals surface area (Å²) in [5.41, 5.74) is 3.48. The monoisotopic (exact) mass is 292 g/mol. The van der Waals surface area contributed by atoms with Gasteiger partial charge in [0.05, 0.1) is 4.88 Å². The van der Waals surface area contributed by atoms with Crippen molar-refractivity contribution in [3.05, 3.63) is 82.7 Å². The number of carbonyl (C=O) groups is 1. The molecule has 0 saturated heterocycles. The Hall–Kier alpha value is -2.19. The van der Waals surface area contributed by atoms with Crippen LogP contribution in [0.4, 0.5) is 0 Å². The Labute approximate surface area is 128 Å². The van der Waals surface area contributed by atoms with E-state index in [9.17, 15) is 4.79 Å². The zero-order chi connectivity index (χ0) is 14.7. The van der Waals surface area contributed by atoms with Crippen LogP contribution < -0.4 is 0 Å². The van der Waals surface area contributed by atoms with Gasteiger partial charge in [0.15, 0.2) is 5.78 Å². The van der Waals surface area contributed by atoms with Crippen LogP contribution in [0.5, 0.6) is 0 Å². The predicted octanol–water partition coefficient (Wildman–Crippen LogP) is 5.15. The fraction of sp³-hybridized carbons (Fsp3) is 0.105. The van der Waals surface area contributed by atoms with Crippen LogP contribution in [0, 0.1) is 6.92 Å². The van der Waals surface area contributed by atoms with Crippen molar-refractivity contribution in [3.8, 4) is 10.4 Å². The zero-order valence-corrected chi connectivity index (χ0v) is 12.7. The molecule has 1 heterocycles. The minimum absolute atomic E-state index is 0.185. The zero-order valence-electron chi connectivity index (χ0n) is 11.9. The maximum Gasteiger partial charge on any atom is 0.177 e. The second-order valence-corrected chi connectivity index (χ2v) is 6.20. The molecule has 0 atom stereocenters. The molecule has 1 nitrogen and oxygen atoms in total. The standard InChI is InChI=1S/C19H16OS/c1-14-7-9-16(10-8-14)18-11-12-19(21-18)17(20)13-15-5-3-2-4-6-15/h2-12H,13H2,1H3. The van der Waals surface area contributed by atoms with Crippen LogP contribution in [-0.2, 0) is 6.42 Å². The number of Topliss-reactive ketones (excluding diaryl/α,β-unsaturated/α-hetero) is 1. The molecule has 0 radical (unpaired) electrons. The van der Waals surface area contributed by atoms with Gasteiger partial charge in [-0.2, -0.15) is 0 Å². The summed E-state index contributed by atoms with van der Waals surface area (Å²) in [4.78, 5) is 14.3. The summed E-state index contributed by atoms with van der Waals surface area (Å²) in [6, 6.07) is 22.3. The summed E-state index contributed by atoms with van der Waals surface area (Å²) >= 11 is 1.57. The van der Waals surface area contributed by atoms with Crippen molar-refractivity contribution in [2.24, 2.45) is 0 Å². The van der Waals surface area contributed by atoms with Crippen molar-refractivity contribution in [2.75, 3.05) is 0 Å². The van der Waals surface area contributed by atoms with Crippen molar-refractivity contribution < 1.29 is 4.79 Å². The molecule has 0 aliphatic heterocycles. The van der Waals surface area contributed by atoms with Gasteiger partial charge in [-0.05, 0) is 30.2 Å². The highest BCUT2D eigenvalue weighted by atomic mass is 32.1. The fourth-order valence-electron chi connectivity index (χ4n) is 2.23. The third kappa shape index (κ3) is 3.29. The third-order valence-corrected chi connectivity index (χ3v) is 4.60. The molecule has 21 heavy (non-hydrogen) atoms. The smallest absolute Gasteiger partial charge is 0.177 e. The number of aryl methyl sites for hydroxylation is 1. The fourth-order valence-corrected chi connectivity index (χ4v) is 3.18. The lowest BCUT2D eigenvalue weighted by Gasteiger charge is -1.99. The largest absolute Gasteiger partial charge is 0.293 e. The number of thiophene rings is 1. The molecule has 0 aliphatic carbocycles. The number of ketones is 1. The molecule has 0 bridgehead atoms. The van der Waals surface area contributed by atoms with Gasteiger partial charge in [-0.25, -0.2) is 0 Å². The highest BCUT2D eigenvalue weighted by molar-refractivity contribution is 7.17. The van der Waals surface area contributed by atoms with Crippen molar-refractivity contribution in [1.82, 2.24) is 0 Å². The second kappa shape index (κ2) is 6.06. The van der Waals surface area contributed by atoms with Gasteiger partial charge in [0.1, 0.15) is 0 Å². The van der Waals surface area contributed by atoms with E-state index in [1.807, 2.05) is 42.5 Å². The molecular weight excluding hydrogens is 276 g/mol. The van der Waals surface area contributed by atoms with Crippen LogP contribution in [0.15, 0.2) is 66.7 Å². The Balaban J connectivity index is 1.78. The number of carbonyl (C=O) groups excluding carboxylic acids is 1. The van der Waals surface area contributed by atoms with E-state index in [0.717, 1.165) is 15.3 Å². The van der Waals surface area contributed by atoms with Crippen molar-refractivity contribution >= 4 is 17.1 Å². The normalized spacial score (nSPS) is 10.5. The quantitative estimate of drug-likeness (QED) is 0.608. The van der Waals surface area contributed by atoms with E-state index in [1.54, 1.807) is 11.3 Å². The SMILES string of the molecule is Cc1ccc(-c2ccc(C(=O)Cc3ccccc3)s2)cc1. The second-order valence-electron chi connectivity index (χ2n) is 5.12. The molecule has 0 amide bonds. The van der Waals surface area contributed by atoms with Crippen molar-refractivity contribution in [3.63, 3.8) is 0 Å². The number of hydrogen-bond acceptors (Lipinski definition) is 2. The van der Waals surface area contributed by atoms with Crippen molar-refractivity contribution in [2.45, 2.75) is 13.3 Å². The summed E-state index contributed by atoms with van der Waals surface area (Å²) in [6.07, 6.45) is 0.467. The minimum atomic E-state index is 0.185. The molecule has 104 valence electrons. The molecule has 0 aliphatic rings. The Morgan fingerprint density at radius 2 is 1.62 bits per heavy atom. The molecule has 3 rings (SSSR count). The highest BCUT2D eigenvalue weighted by Gasteiger charge is 2.11. The minimum Gasteiger partial charge on any atom is -0.293 e. The lowest BCUT2D eigenvalue weighted by Crippen LogP contribution is -2.00. The van der Waals surface area contributed by atoms with Gasteiger partial charge < -0.3 is 0 Å². The van der Waals surface area contributed by atoms with Crippen LogP contribution in [-0.4, -0.2) is 5.78 Å². The molecule has 2 heteroatoms. The first-order valence-corrected chi connectivity index (χ1v) is 7.78. The maximum absolute atomic E-state index is 12.3. The topological polar surface area (TPSA) is 17.1 Å². The molecule has 1 aromatic heterocycles. The van der Waals surface area contributed by atoms with Gasteiger partial charge >= 0.3 is 0 Å². The molecule has 0 spiro atoms. The first-order valence-electron chi connectivity index (χ1n) is 6.96. The van der Waals surface area contributed by atoms with E-state index in [1.165, 1.54) is 11.1 Å². The van der Waals surface area contributed by atoms with Gasteiger partial charge in [0, 0.05) is 11.3 Å². The van der Waals surface area contributed by atoms with Crippen LogP contribution in [0.25, 0.3) is 10.4 Å². The summed E-state index contributed by atoms with van der Waals surface area (Å²) < 4.78 is 0. The van der Waals surface area contributed by atoms with E-state index < -0.39 is 0 Å². The van der Waals surface area contributed by atoms with Crippen LogP contribution in [0.3, 0.4) is 0 Å². The number of benzene rings is 2. The summed E-state index contributed by atoms with van der Waals surface area (Å²) in [5, 5.41) is 0. The van der Waals surface area contributed by atoms with Crippen LogP contribution in [0.2, 0.25) is 0 Å². The Bertz CT molecular complexity index is 739. The Morgan fingerprint density at radius 3 is 2.33 bits per heavy atom. The maximum atomic E-state index is 12.3. The van der Waals surface area contributed by atoms with Gasteiger partial charge in [0.25, 0.3) is 0 Å². The molecule has 2 aromatic carbocycles. The van der Waals surface area contributed by atoms with Crippen LogP contribution >= 0.6 is 11.3 Å². The van der Waals surface area contributed by atoms with Crippen molar-refractivity contribution in [1.29, 1.82) is 0 Å². The number of hydrogen-bond donors (Lipinski definition) is 0. The highest BCUT2D eigenvalue weighted by Crippen LogP contribution is 2.29. The summed E-state index contributed by atoms with van der Waals surface area (Å²) in [5.74, 6) is 0.185. The van der Waals surface area contributed by atoms with E-state index in [0.29, 0.717) is 6.42 Å². The van der Waals surface area contributed by atoms with Crippen LogP contribution in [0.1, 0.15) is 20.8 Å². The average molecular weight is 292 g/mol. The van der Waals surface area contributed by atoms with Gasteiger partial charge in [-0.15, -0.1) is 11.3 Å². The Kier molecular flexibility index (Phi) is 3.98. The van der Waals surface area contributed by atoms with E-state index in [-0.39, 0.29) is 5.78 Å². The van der Waals surface area contributed by atoms with Gasteiger partial charge in [0.2, 0.25) is 0 Å². The first-order chi connectivity index (χ1) is 10.2. The average Bonchev–Trinajstić information content (AvgIpc) is 2.99. The first kappa shape index (κ1) is 13.8. The summed E-state index contributed by atoms with van der Waals surface area (Å²) in [6.45, 7) is 2.08. The number of rotatable bonds is 4. The lowest BCUT2D eigenvalue weighted by atomic mass is 10.1. The lowest BCUT2D eigenvalue weighted by molar-refractivity contribution is 0.0997. The molecule has 0 N–H and O–H groups in total.